The lowest BCUT2D eigenvalue weighted by Crippen LogP contribution is -2.54. The van der Waals surface area contributed by atoms with E-state index in [1.54, 1.807) is 0 Å². The van der Waals surface area contributed by atoms with Gasteiger partial charge in [-0.25, -0.2) is 0 Å². The van der Waals surface area contributed by atoms with Gasteiger partial charge in [0.05, 0.1) is 10.8 Å². The molecule has 1 heterocycles. The summed E-state index contributed by atoms with van der Waals surface area (Å²) in [5.74, 6) is 3.03. The van der Waals surface area contributed by atoms with Crippen LogP contribution in [-0.2, 0) is 4.79 Å². The maximum Gasteiger partial charge on any atom is 0.228 e. The van der Waals surface area contributed by atoms with Crippen molar-refractivity contribution in [2.45, 2.75) is 50.3 Å². The first-order valence-electron chi connectivity index (χ1n) is 7.58. The fraction of sp³-hybridized carbons (Fsp3) is 0.933. The van der Waals surface area contributed by atoms with Gasteiger partial charge in [-0.15, -0.1) is 11.6 Å². The maximum absolute atomic E-state index is 12.9. The highest BCUT2D eigenvalue weighted by Gasteiger charge is 2.55. The molecule has 0 aromatic heterocycles. The van der Waals surface area contributed by atoms with Crippen molar-refractivity contribution >= 4 is 17.5 Å². The van der Waals surface area contributed by atoms with Crippen LogP contribution in [-0.4, -0.2) is 29.3 Å². The van der Waals surface area contributed by atoms with E-state index >= 15 is 0 Å². The Morgan fingerprint density at radius 2 is 1.61 bits per heavy atom. The molecule has 18 heavy (non-hydrogen) atoms. The summed E-state index contributed by atoms with van der Waals surface area (Å²) in [5, 5.41) is 0.197. The smallest absolute Gasteiger partial charge is 0.228 e. The van der Waals surface area contributed by atoms with Crippen LogP contribution in [0.5, 0.6) is 0 Å². The summed E-state index contributed by atoms with van der Waals surface area (Å²) in [5.41, 5.74) is 0.0374. The first kappa shape index (κ1) is 11.6. The van der Waals surface area contributed by atoms with Crippen LogP contribution in [0.3, 0.4) is 0 Å². The minimum Gasteiger partial charge on any atom is -0.341 e. The third-order valence-corrected chi connectivity index (χ3v) is 6.27. The average molecular weight is 268 g/mol. The van der Waals surface area contributed by atoms with E-state index in [1.165, 1.54) is 38.5 Å². The van der Waals surface area contributed by atoms with E-state index in [4.69, 9.17) is 11.6 Å². The molecule has 1 aliphatic heterocycles. The molecule has 0 aromatic rings. The topological polar surface area (TPSA) is 20.3 Å². The number of amides is 1. The van der Waals surface area contributed by atoms with Crippen LogP contribution in [0.15, 0.2) is 0 Å². The zero-order valence-corrected chi connectivity index (χ0v) is 11.7. The van der Waals surface area contributed by atoms with Crippen molar-refractivity contribution in [2.75, 3.05) is 13.1 Å². The summed E-state index contributed by atoms with van der Waals surface area (Å²) in [6.45, 7) is 1.69. The van der Waals surface area contributed by atoms with Gasteiger partial charge in [0.25, 0.3) is 0 Å². The van der Waals surface area contributed by atoms with Gasteiger partial charge in [0.15, 0.2) is 0 Å². The van der Waals surface area contributed by atoms with Crippen molar-refractivity contribution in [3.8, 4) is 0 Å². The highest BCUT2D eigenvalue weighted by Crippen LogP contribution is 2.60. The molecule has 4 aliphatic carbocycles. The predicted molar refractivity (Wildman–Crippen MR) is 71.4 cm³/mol. The molecule has 0 N–H and O–H groups in total. The first-order valence-corrected chi connectivity index (χ1v) is 8.02. The van der Waals surface area contributed by atoms with Crippen molar-refractivity contribution in [1.29, 1.82) is 0 Å². The second-order valence-electron chi connectivity index (χ2n) is 7.34. The Bertz CT molecular complexity index is 345. The molecule has 0 radical (unpaired) electrons. The van der Waals surface area contributed by atoms with Gasteiger partial charge in [-0.3, -0.25) is 4.79 Å². The van der Waals surface area contributed by atoms with E-state index in [2.05, 4.69) is 4.90 Å². The van der Waals surface area contributed by atoms with E-state index in [0.717, 1.165) is 37.3 Å². The van der Waals surface area contributed by atoms with Crippen LogP contribution in [0.4, 0.5) is 0 Å². The minimum atomic E-state index is 0.0374. The maximum atomic E-state index is 12.9. The lowest BCUT2D eigenvalue weighted by atomic mass is 9.49. The van der Waals surface area contributed by atoms with Crippen molar-refractivity contribution in [2.24, 2.45) is 23.2 Å². The Hall–Kier alpha value is -0.240. The van der Waals surface area contributed by atoms with E-state index in [0.29, 0.717) is 5.91 Å². The van der Waals surface area contributed by atoms with E-state index in [9.17, 15) is 4.79 Å². The molecule has 3 heteroatoms. The van der Waals surface area contributed by atoms with Crippen LogP contribution in [0.25, 0.3) is 0 Å². The summed E-state index contributed by atoms with van der Waals surface area (Å²) in [6, 6.07) is 0. The number of hydrogen-bond donors (Lipinski definition) is 0. The molecule has 1 saturated heterocycles. The lowest BCUT2D eigenvalue weighted by Gasteiger charge is -2.56. The van der Waals surface area contributed by atoms with Gasteiger partial charge in [-0.2, -0.15) is 0 Å². The van der Waals surface area contributed by atoms with Crippen molar-refractivity contribution < 1.29 is 4.79 Å². The average Bonchev–Trinajstić information content (AvgIpc) is 2.73. The van der Waals surface area contributed by atoms with Crippen LogP contribution < -0.4 is 0 Å². The molecule has 5 rings (SSSR count). The fourth-order valence-electron chi connectivity index (χ4n) is 5.61. The normalized spacial score (nSPS) is 49.9. The Morgan fingerprint density at radius 1 is 1.06 bits per heavy atom. The highest BCUT2D eigenvalue weighted by molar-refractivity contribution is 6.21. The van der Waals surface area contributed by atoms with Gasteiger partial charge in [0, 0.05) is 13.1 Å². The fourth-order valence-corrected chi connectivity index (χ4v) is 5.87. The summed E-state index contributed by atoms with van der Waals surface area (Å²) in [7, 11) is 0. The largest absolute Gasteiger partial charge is 0.341 e. The number of rotatable bonds is 1. The number of hydrogen-bond acceptors (Lipinski definition) is 1. The third-order valence-electron chi connectivity index (χ3n) is 5.91. The monoisotopic (exact) mass is 267 g/mol. The standard InChI is InChI=1S/C15H22ClNO/c16-13-1-2-17(9-13)14(18)15-6-10-3-11(7-15)5-12(4-10)8-15/h10-13H,1-9H2. The lowest BCUT2D eigenvalue weighted by molar-refractivity contribution is -0.156. The molecule has 100 valence electrons. The molecule has 5 fully saturated rings. The molecule has 1 unspecified atom stereocenters. The second-order valence-corrected chi connectivity index (χ2v) is 7.95. The number of carbonyl (C=O) groups excluding carboxylic acids is 1. The van der Waals surface area contributed by atoms with Gasteiger partial charge in [-0.05, 0) is 62.7 Å². The van der Waals surface area contributed by atoms with Crippen LogP contribution in [0, 0.1) is 23.2 Å². The molecule has 1 atom stereocenters. The summed E-state index contributed by atoms with van der Waals surface area (Å²) >= 11 is 6.16. The Balaban J connectivity index is 1.58. The van der Waals surface area contributed by atoms with E-state index < -0.39 is 0 Å². The first-order chi connectivity index (χ1) is 8.64. The van der Waals surface area contributed by atoms with E-state index in [-0.39, 0.29) is 10.8 Å². The van der Waals surface area contributed by atoms with Crippen molar-refractivity contribution in [3.63, 3.8) is 0 Å². The number of nitrogens with zero attached hydrogens (tertiary/aromatic N) is 1. The number of likely N-dealkylation sites (tertiary alicyclic amines) is 1. The molecule has 4 bridgehead atoms. The summed E-state index contributed by atoms with van der Waals surface area (Å²) < 4.78 is 0. The SMILES string of the molecule is O=C(N1CCC(Cl)C1)C12CC3CC(CC(C3)C1)C2. The Morgan fingerprint density at radius 3 is 2.06 bits per heavy atom. The zero-order valence-electron chi connectivity index (χ0n) is 10.9. The van der Waals surface area contributed by atoms with Crippen LogP contribution in [0.1, 0.15) is 44.9 Å². The Labute approximate surface area is 114 Å². The zero-order chi connectivity index (χ0) is 12.3. The minimum absolute atomic E-state index is 0.0374. The predicted octanol–water partition coefficient (Wildman–Crippen LogP) is 3.04. The molecule has 4 saturated carbocycles. The highest BCUT2D eigenvalue weighted by atomic mass is 35.5. The van der Waals surface area contributed by atoms with Crippen molar-refractivity contribution in [1.82, 2.24) is 4.90 Å². The summed E-state index contributed by atoms with van der Waals surface area (Å²) in [6.07, 6.45) is 8.75. The molecular formula is C15H22ClNO. The second kappa shape index (κ2) is 3.88. The van der Waals surface area contributed by atoms with Gasteiger partial charge in [-0.1, -0.05) is 0 Å². The molecule has 0 aromatic carbocycles. The van der Waals surface area contributed by atoms with E-state index in [1.807, 2.05) is 0 Å². The molecule has 5 aliphatic rings. The third kappa shape index (κ3) is 1.64. The van der Waals surface area contributed by atoms with Crippen LogP contribution in [0.2, 0.25) is 0 Å². The summed E-state index contributed by atoms with van der Waals surface area (Å²) in [4.78, 5) is 15.0. The van der Waals surface area contributed by atoms with Gasteiger partial charge >= 0.3 is 0 Å². The number of halogens is 1. The quantitative estimate of drug-likeness (QED) is 0.669. The van der Waals surface area contributed by atoms with Gasteiger partial charge in [0.1, 0.15) is 0 Å². The number of carbonyl (C=O) groups is 1. The van der Waals surface area contributed by atoms with Gasteiger partial charge in [0.2, 0.25) is 5.91 Å². The Kier molecular flexibility index (Phi) is 2.49. The molecule has 0 spiro atoms. The van der Waals surface area contributed by atoms with Crippen molar-refractivity contribution in [3.05, 3.63) is 0 Å². The molecule has 2 nitrogen and oxygen atoms in total. The van der Waals surface area contributed by atoms with Gasteiger partial charge < -0.3 is 4.90 Å². The van der Waals surface area contributed by atoms with Crippen LogP contribution >= 0.6 is 11.6 Å². The molecular weight excluding hydrogens is 246 g/mol. The number of alkyl halides is 1. The molecule has 1 amide bonds.